The van der Waals surface area contributed by atoms with E-state index >= 15 is 0 Å². The number of rotatable bonds is 4. The molecular formula is C16H13F2N3O2. The highest BCUT2D eigenvalue weighted by Gasteiger charge is 2.15. The van der Waals surface area contributed by atoms with Crippen LogP contribution in [0.3, 0.4) is 0 Å². The van der Waals surface area contributed by atoms with Crippen LogP contribution in [-0.2, 0) is 0 Å². The van der Waals surface area contributed by atoms with Crippen LogP contribution < -0.4 is 10.6 Å². The number of terminal acetylenes is 1. The Kier molecular flexibility index (Phi) is 5.23. The number of pyridine rings is 1. The fourth-order valence-corrected chi connectivity index (χ4v) is 1.83. The van der Waals surface area contributed by atoms with E-state index in [1.54, 1.807) is 12.1 Å². The number of aliphatic hydroxyl groups excluding tert-OH is 1. The molecule has 2 rings (SSSR count). The summed E-state index contributed by atoms with van der Waals surface area (Å²) in [5, 5.41) is 14.2. The number of nitrogens with one attached hydrogen (secondary N) is 2. The second-order valence-corrected chi connectivity index (χ2v) is 4.59. The fourth-order valence-electron chi connectivity index (χ4n) is 1.83. The summed E-state index contributed by atoms with van der Waals surface area (Å²) < 4.78 is 27.4. The molecule has 5 nitrogen and oxygen atoms in total. The monoisotopic (exact) mass is 317 g/mol. The van der Waals surface area contributed by atoms with Gasteiger partial charge in [0.2, 0.25) is 0 Å². The first-order chi connectivity index (χ1) is 11.0. The number of hydrogen-bond donors (Lipinski definition) is 3. The number of nitrogens with zero attached hydrogens (tertiary/aromatic N) is 1. The number of carbonyl (C=O) groups is 1. The summed E-state index contributed by atoms with van der Waals surface area (Å²) in [4.78, 5) is 15.5. The molecule has 0 aliphatic heterocycles. The zero-order valence-corrected chi connectivity index (χ0v) is 11.9. The van der Waals surface area contributed by atoms with E-state index in [2.05, 4.69) is 16.2 Å². The van der Waals surface area contributed by atoms with Crippen LogP contribution in [0.25, 0.3) is 0 Å². The summed E-state index contributed by atoms with van der Waals surface area (Å²) in [5.74, 6) is 0.134. The van der Waals surface area contributed by atoms with Crippen molar-refractivity contribution < 1.29 is 18.7 Å². The van der Waals surface area contributed by atoms with Crippen molar-refractivity contribution in [3.8, 4) is 12.3 Å². The van der Waals surface area contributed by atoms with Crippen molar-refractivity contribution in [2.45, 2.75) is 6.10 Å². The average molecular weight is 317 g/mol. The third kappa shape index (κ3) is 4.25. The second kappa shape index (κ2) is 7.33. The van der Waals surface area contributed by atoms with Gasteiger partial charge in [-0.25, -0.2) is 13.6 Å². The van der Waals surface area contributed by atoms with Gasteiger partial charge in [0.15, 0.2) is 11.6 Å². The Morgan fingerprint density at radius 3 is 2.48 bits per heavy atom. The fraction of sp³-hybridized carbons (Fsp3) is 0.125. The zero-order valence-electron chi connectivity index (χ0n) is 11.9. The Labute approximate surface area is 131 Å². The van der Waals surface area contributed by atoms with E-state index in [0.29, 0.717) is 5.56 Å². The summed E-state index contributed by atoms with van der Waals surface area (Å²) in [6.07, 6.45) is 7.08. The lowest BCUT2D eigenvalue weighted by Crippen LogP contribution is -2.33. The maximum Gasteiger partial charge on any atom is 0.319 e. The van der Waals surface area contributed by atoms with E-state index in [9.17, 15) is 18.7 Å². The van der Waals surface area contributed by atoms with Gasteiger partial charge >= 0.3 is 6.03 Å². The molecule has 0 fully saturated rings. The number of carbonyl (C=O) groups excluding carboxylic acids is 1. The lowest BCUT2D eigenvalue weighted by molar-refractivity contribution is 0.175. The zero-order chi connectivity index (χ0) is 16.8. The second-order valence-electron chi connectivity index (χ2n) is 4.59. The molecule has 1 aromatic carbocycles. The molecule has 0 spiro atoms. The average Bonchev–Trinajstić information content (AvgIpc) is 2.56. The molecule has 1 heterocycles. The topological polar surface area (TPSA) is 74.2 Å². The first-order valence-corrected chi connectivity index (χ1v) is 6.59. The maximum atomic E-state index is 13.7. The molecule has 118 valence electrons. The van der Waals surface area contributed by atoms with Crippen LogP contribution in [0, 0.1) is 24.0 Å². The molecule has 0 saturated heterocycles. The Hall–Kier alpha value is -2.98. The highest BCUT2D eigenvalue weighted by atomic mass is 19.1. The molecular weight excluding hydrogens is 304 g/mol. The summed E-state index contributed by atoms with van der Waals surface area (Å²) >= 11 is 0. The van der Waals surface area contributed by atoms with Crippen molar-refractivity contribution in [2.75, 3.05) is 11.9 Å². The van der Waals surface area contributed by atoms with Gasteiger partial charge in [0, 0.05) is 24.5 Å². The van der Waals surface area contributed by atoms with Crippen LogP contribution in [0.4, 0.5) is 19.3 Å². The first-order valence-electron chi connectivity index (χ1n) is 6.59. The minimum Gasteiger partial charge on any atom is -0.387 e. The first kappa shape index (κ1) is 16.4. The van der Waals surface area contributed by atoms with Gasteiger partial charge in [-0.2, -0.15) is 0 Å². The normalized spacial score (nSPS) is 11.4. The Balaban J connectivity index is 1.97. The van der Waals surface area contributed by atoms with Gasteiger partial charge in [0.1, 0.15) is 5.69 Å². The van der Waals surface area contributed by atoms with Gasteiger partial charge in [-0.1, -0.05) is 5.92 Å². The van der Waals surface area contributed by atoms with Crippen LogP contribution in [0.2, 0.25) is 0 Å². The van der Waals surface area contributed by atoms with Crippen molar-refractivity contribution in [1.82, 2.24) is 10.3 Å². The van der Waals surface area contributed by atoms with Gasteiger partial charge in [0.05, 0.1) is 6.10 Å². The third-order valence-corrected chi connectivity index (χ3v) is 2.99. The lowest BCUT2D eigenvalue weighted by Gasteiger charge is -2.13. The molecule has 1 unspecified atom stereocenters. The molecule has 0 aliphatic rings. The van der Waals surface area contributed by atoms with Crippen LogP contribution in [-0.4, -0.2) is 22.7 Å². The number of halogens is 2. The summed E-state index contributed by atoms with van der Waals surface area (Å²) in [6.45, 7) is -0.137. The van der Waals surface area contributed by atoms with Gasteiger partial charge in [-0.15, -0.1) is 6.42 Å². The van der Waals surface area contributed by atoms with Gasteiger partial charge in [0.25, 0.3) is 0 Å². The van der Waals surface area contributed by atoms with Gasteiger partial charge in [-0.3, -0.25) is 4.98 Å². The van der Waals surface area contributed by atoms with Crippen LogP contribution >= 0.6 is 0 Å². The van der Waals surface area contributed by atoms with E-state index in [1.165, 1.54) is 12.4 Å². The number of hydrogen-bond acceptors (Lipinski definition) is 3. The molecule has 0 saturated carbocycles. The summed E-state index contributed by atoms with van der Waals surface area (Å²) in [7, 11) is 0. The lowest BCUT2D eigenvalue weighted by atomic mass is 10.1. The quantitative estimate of drug-likeness (QED) is 0.757. The van der Waals surface area contributed by atoms with Crippen molar-refractivity contribution in [3.63, 3.8) is 0 Å². The van der Waals surface area contributed by atoms with Gasteiger partial charge < -0.3 is 15.7 Å². The number of aliphatic hydroxyl groups is 1. The Morgan fingerprint density at radius 1 is 1.30 bits per heavy atom. The predicted molar refractivity (Wildman–Crippen MR) is 80.5 cm³/mol. The van der Waals surface area contributed by atoms with Crippen molar-refractivity contribution in [2.24, 2.45) is 0 Å². The number of aromatic nitrogens is 1. The minimum absolute atomic E-state index is 0.0269. The molecule has 1 atom stereocenters. The number of anilines is 1. The van der Waals surface area contributed by atoms with Crippen LogP contribution in [0.1, 0.15) is 17.2 Å². The van der Waals surface area contributed by atoms with Crippen LogP contribution in [0.15, 0.2) is 36.7 Å². The number of benzene rings is 1. The van der Waals surface area contributed by atoms with Crippen molar-refractivity contribution in [3.05, 3.63) is 59.4 Å². The standard InChI is InChI=1S/C16H13F2N3O2/c1-2-10-7-12(17)15(13(18)8-10)21-16(23)20-9-14(22)11-3-5-19-6-4-11/h1,3-8,14,22H,9H2,(H2,20,21,23). The molecule has 7 heteroatoms. The predicted octanol–water partition coefficient (Wildman–Crippen LogP) is 2.20. The highest BCUT2D eigenvalue weighted by molar-refractivity contribution is 5.89. The van der Waals surface area contributed by atoms with Crippen LogP contribution in [0.5, 0.6) is 0 Å². The Bertz CT molecular complexity index is 722. The van der Waals surface area contributed by atoms with Crippen molar-refractivity contribution in [1.29, 1.82) is 0 Å². The summed E-state index contributed by atoms with van der Waals surface area (Å²) in [5.41, 5.74) is -0.0324. The Morgan fingerprint density at radius 2 is 1.91 bits per heavy atom. The molecule has 1 aromatic heterocycles. The number of urea groups is 1. The van der Waals surface area contributed by atoms with E-state index in [1.807, 2.05) is 5.32 Å². The molecule has 2 amide bonds. The van der Waals surface area contributed by atoms with Crippen molar-refractivity contribution >= 4 is 11.7 Å². The number of amides is 2. The molecule has 23 heavy (non-hydrogen) atoms. The summed E-state index contributed by atoms with van der Waals surface area (Å²) in [6, 6.07) is 4.18. The maximum absolute atomic E-state index is 13.7. The van der Waals surface area contributed by atoms with E-state index < -0.39 is 29.5 Å². The smallest absolute Gasteiger partial charge is 0.319 e. The van der Waals surface area contributed by atoms with Gasteiger partial charge in [-0.05, 0) is 29.8 Å². The van der Waals surface area contributed by atoms with E-state index in [0.717, 1.165) is 12.1 Å². The SMILES string of the molecule is C#Cc1cc(F)c(NC(=O)NCC(O)c2ccncc2)c(F)c1. The highest BCUT2D eigenvalue weighted by Crippen LogP contribution is 2.20. The molecule has 2 aromatic rings. The third-order valence-electron chi connectivity index (χ3n) is 2.99. The molecule has 0 bridgehead atoms. The van der Waals surface area contributed by atoms with E-state index in [-0.39, 0.29) is 12.1 Å². The molecule has 3 N–H and O–H groups in total. The largest absolute Gasteiger partial charge is 0.387 e. The molecule has 0 radical (unpaired) electrons. The minimum atomic E-state index is -0.984. The van der Waals surface area contributed by atoms with E-state index in [4.69, 9.17) is 6.42 Å². The molecule has 0 aliphatic carbocycles.